The minimum Gasteiger partial charge on any atom is -0.350 e. The molecule has 1 unspecified atom stereocenters. The van der Waals surface area contributed by atoms with Crippen LogP contribution in [0.15, 0.2) is 42.5 Å². The first-order valence-corrected chi connectivity index (χ1v) is 11.2. The SMILES string of the molecule is CCC(C(=O)NCc1cccc(C(F)(F)F)c1)N(c1ccc(C)c(C)c1)S(C)(=O)=O. The smallest absolute Gasteiger partial charge is 0.350 e. The zero-order chi connectivity index (χ0) is 22.7. The van der Waals surface area contributed by atoms with Crippen LogP contribution in [0.2, 0.25) is 0 Å². The van der Waals surface area contributed by atoms with Crippen molar-refractivity contribution in [2.45, 2.75) is 46.0 Å². The molecule has 9 heteroatoms. The van der Waals surface area contributed by atoms with Crippen LogP contribution in [0.5, 0.6) is 0 Å². The molecule has 0 aromatic heterocycles. The van der Waals surface area contributed by atoms with Crippen molar-refractivity contribution in [3.8, 4) is 0 Å². The molecule has 0 fully saturated rings. The van der Waals surface area contributed by atoms with Crippen molar-refractivity contribution >= 4 is 21.6 Å². The second kappa shape index (κ2) is 9.07. The van der Waals surface area contributed by atoms with Gasteiger partial charge in [-0.1, -0.05) is 25.1 Å². The van der Waals surface area contributed by atoms with E-state index in [0.29, 0.717) is 5.69 Å². The standard InChI is InChI=1S/C21H25F3N2O3S/c1-5-19(26(30(4,28)29)18-10-9-14(2)15(3)11-18)20(27)25-13-16-7-6-8-17(12-16)21(22,23)24/h6-12,19H,5,13H2,1-4H3,(H,25,27). The Bertz CT molecular complexity index is 1020. The lowest BCUT2D eigenvalue weighted by molar-refractivity contribution is -0.137. The molecule has 0 heterocycles. The number of halogens is 3. The molecule has 0 saturated heterocycles. The van der Waals surface area contributed by atoms with Crippen LogP contribution in [-0.2, 0) is 27.5 Å². The number of nitrogens with one attached hydrogen (secondary N) is 1. The Morgan fingerprint density at radius 1 is 1.10 bits per heavy atom. The maximum Gasteiger partial charge on any atom is 0.416 e. The lowest BCUT2D eigenvalue weighted by Gasteiger charge is -2.30. The number of amides is 1. The third kappa shape index (κ3) is 5.75. The number of hydrogen-bond acceptors (Lipinski definition) is 3. The quantitative estimate of drug-likeness (QED) is 0.700. The third-order valence-corrected chi connectivity index (χ3v) is 5.98. The molecule has 0 aliphatic carbocycles. The Morgan fingerprint density at radius 2 is 1.77 bits per heavy atom. The zero-order valence-electron chi connectivity index (χ0n) is 17.2. The summed E-state index contributed by atoms with van der Waals surface area (Å²) in [6.07, 6.45) is -3.28. The van der Waals surface area contributed by atoms with Gasteiger partial charge in [0, 0.05) is 6.54 Å². The van der Waals surface area contributed by atoms with E-state index in [1.807, 2.05) is 13.8 Å². The summed E-state index contributed by atoms with van der Waals surface area (Å²) in [5.41, 5.74) is 1.68. The van der Waals surface area contributed by atoms with E-state index >= 15 is 0 Å². The average Bonchev–Trinajstić information content (AvgIpc) is 2.65. The van der Waals surface area contributed by atoms with E-state index < -0.39 is 33.7 Å². The van der Waals surface area contributed by atoms with Crippen molar-refractivity contribution in [3.05, 3.63) is 64.7 Å². The maximum atomic E-state index is 12.9. The molecule has 2 rings (SSSR count). The topological polar surface area (TPSA) is 66.5 Å². The van der Waals surface area contributed by atoms with Gasteiger partial charge in [-0.25, -0.2) is 8.42 Å². The number of benzene rings is 2. The molecule has 0 spiro atoms. The van der Waals surface area contributed by atoms with E-state index in [2.05, 4.69) is 5.32 Å². The number of carbonyl (C=O) groups is 1. The molecule has 5 nitrogen and oxygen atoms in total. The fraction of sp³-hybridized carbons (Fsp3) is 0.381. The second-order valence-electron chi connectivity index (χ2n) is 7.17. The van der Waals surface area contributed by atoms with Crippen LogP contribution >= 0.6 is 0 Å². The first-order chi connectivity index (χ1) is 13.8. The van der Waals surface area contributed by atoms with Gasteiger partial charge in [-0.2, -0.15) is 13.2 Å². The largest absolute Gasteiger partial charge is 0.416 e. The summed E-state index contributed by atoms with van der Waals surface area (Å²) in [5.74, 6) is -0.585. The van der Waals surface area contributed by atoms with Gasteiger partial charge in [0.05, 0.1) is 17.5 Å². The Morgan fingerprint density at radius 3 is 2.30 bits per heavy atom. The molecular formula is C21H25F3N2O3S. The summed E-state index contributed by atoms with van der Waals surface area (Å²) in [4.78, 5) is 12.8. The summed E-state index contributed by atoms with van der Waals surface area (Å²) in [6.45, 7) is 5.26. The van der Waals surface area contributed by atoms with Gasteiger partial charge in [0.1, 0.15) is 6.04 Å². The fourth-order valence-corrected chi connectivity index (χ4v) is 4.29. The van der Waals surface area contributed by atoms with Crippen molar-refractivity contribution < 1.29 is 26.4 Å². The van der Waals surface area contributed by atoms with Crippen LogP contribution in [0.1, 0.15) is 35.6 Å². The van der Waals surface area contributed by atoms with E-state index in [1.54, 1.807) is 25.1 Å². The van der Waals surface area contributed by atoms with Crippen LogP contribution in [-0.4, -0.2) is 26.6 Å². The van der Waals surface area contributed by atoms with Gasteiger partial charge in [0.25, 0.3) is 0 Å². The van der Waals surface area contributed by atoms with Crippen molar-refractivity contribution in [2.24, 2.45) is 0 Å². The fourth-order valence-electron chi connectivity index (χ4n) is 3.09. The minimum atomic E-state index is -4.48. The first kappa shape index (κ1) is 23.7. The number of aryl methyl sites for hydroxylation is 2. The van der Waals surface area contributed by atoms with Gasteiger partial charge in [0.2, 0.25) is 15.9 Å². The number of sulfonamides is 1. The number of carbonyl (C=O) groups excluding carboxylic acids is 1. The zero-order valence-corrected chi connectivity index (χ0v) is 18.1. The highest BCUT2D eigenvalue weighted by Crippen LogP contribution is 2.29. The van der Waals surface area contributed by atoms with E-state index in [4.69, 9.17) is 0 Å². The molecule has 0 aliphatic rings. The van der Waals surface area contributed by atoms with Crippen molar-refractivity contribution in [1.82, 2.24) is 5.32 Å². The molecule has 0 aliphatic heterocycles. The van der Waals surface area contributed by atoms with Gasteiger partial charge < -0.3 is 5.32 Å². The Hall–Kier alpha value is -2.55. The van der Waals surface area contributed by atoms with Crippen molar-refractivity contribution in [3.63, 3.8) is 0 Å². The van der Waals surface area contributed by atoms with Gasteiger partial charge in [0.15, 0.2) is 0 Å². The maximum absolute atomic E-state index is 12.9. The molecule has 0 bridgehead atoms. The number of nitrogens with zero attached hydrogens (tertiary/aromatic N) is 1. The highest BCUT2D eigenvalue weighted by Gasteiger charge is 2.32. The van der Waals surface area contributed by atoms with Gasteiger partial charge >= 0.3 is 6.18 Å². The molecular weight excluding hydrogens is 417 g/mol. The molecule has 2 aromatic rings. The molecule has 0 radical (unpaired) electrons. The molecule has 1 amide bonds. The normalized spacial score (nSPS) is 13.0. The van der Waals surface area contributed by atoms with E-state index in [0.717, 1.165) is 33.8 Å². The molecule has 164 valence electrons. The molecule has 30 heavy (non-hydrogen) atoms. The third-order valence-electron chi connectivity index (χ3n) is 4.80. The Balaban J connectivity index is 2.27. The minimum absolute atomic E-state index is 0.149. The molecule has 1 atom stereocenters. The molecule has 2 aromatic carbocycles. The van der Waals surface area contributed by atoms with Crippen LogP contribution in [0.25, 0.3) is 0 Å². The summed E-state index contributed by atoms with van der Waals surface area (Å²) < 4.78 is 64.6. The predicted octanol–water partition coefficient (Wildman–Crippen LogP) is 4.18. The van der Waals surface area contributed by atoms with E-state index in [9.17, 15) is 26.4 Å². The Kier molecular flexibility index (Phi) is 7.18. The van der Waals surface area contributed by atoms with Crippen molar-refractivity contribution in [2.75, 3.05) is 10.6 Å². The average molecular weight is 443 g/mol. The summed E-state index contributed by atoms with van der Waals surface area (Å²) in [7, 11) is -3.79. The van der Waals surface area contributed by atoms with E-state index in [-0.39, 0.29) is 18.5 Å². The molecule has 0 saturated carbocycles. The van der Waals surface area contributed by atoms with Crippen LogP contribution < -0.4 is 9.62 Å². The van der Waals surface area contributed by atoms with Crippen LogP contribution in [0, 0.1) is 13.8 Å². The highest BCUT2D eigenvalue weighted by atomic mass is 32.2. The number of anilines is 1. The monoisotopic (exact) mass is 442 g/mol. The van der Waals surface area contributed by atoms with Crippen molar-refractivity contribution in [1.29, 1.82) is 0 Å². The number of alkyl halides is 3. The lowest BCUT2D eigenvalue weighted by Crippen LogP contribution is -2.49. The lowest BCUT2D eigenvalue weighted by atomic mass is 10.1. The Labute approximate surface area is 175 Å². The van der Waals surface area contributed by atoms with Gasteiger partial charge in [-0.05, 0) is 61.2 Å². The van der Waals surface area contributed by atoms with Gasteiger partial charge in [-0.15, -0.1) is 0 Å². The van der Waals surface area contributed by atoms with Crippen LogP contribution in [0.4, 0.5) is 18.9 Å². The van der Waals surface area contributed by atoms with Crippen LogP contribution in [0.3, 0.4) is 0 Å². The number of hydrogen-bond donors (Lipinski definition) is 1. The predicted molar refractivity (Wildman–Crippen MR) is 111 cm³/mol. The first-order valence-electron chi connectivity index (χ1n) is 9.35. The second-order valence-corrected chi connectivity index (χ2v) is 9.03. The van der Waals surface area contributed by atoms with E-state index in [1.165, 1.54) is 12.1 Å². The van der Waals surface area contributed by atoms with Gasteiger partial charge in [-0.3, -0.25) is 9.10 Å². The summed E-state index contributed by atoms with van der Waals surface area (Å²) >= 11 is 0. The number of rotatable bonds is 7. The summed E-state index contributed by atoms with van der Waals surface area (Å²) in [5, 5.41) is 2.56. The highest BCUT2D eigenvalue weighted by molar-refractivity contribution is 7.92. The molecule has 1 N–H and O–H groups in total. The summed E-state index contributed by atoms with van der Waals surface area (Å²) in [6, 6.07) is 8.70.